The molecule has 0 bridgehead atoms. The van der Waals surface area contributed by atoms with Crippen molar-refractivity contribution in [2.75, 3.05) is 0 Å². The predicted molar refractivity (Wildman–Crippen MR) is 108 cm³/mol. The fourth-order valence-corrected chi connectivity index (χ4v) is 4.75. The van der Waals surface area contributed by atoms with Crippen LogP contribution < -0.4 is 4.74 Å². The Morgan fingerprint density at radius 1 is 1.04 bits per heavy atom. The molecule has 0 saturated heterocycles. The number of aliphatic carboxylic acids is 1. The molecule has 2 aromatic rings. The Kier molecular flexibility index (Phi) is 5.98. The van der Waals surface area contributed by atoms with Gasteiger partial charge in [0, 0.05) is 12.5 Å². The molecule has 1 aromatic heterocycles. The van der Waals surface area contributed by atoms with Crippen molar-refractivity contribution in [3.63, 3.8) is 0 Å². The molecule has 5 heteroatoms. The zero-order valence-electron chi connectivity index (χ0n) is 16.4. The van der Waals surface area contributed by atoms with Gasteiger partial charge in [-0.2, -0.15) is 0 Å². The van der Waals surface area contributed by atoms with Gasteiger partial charge in [-0.1, -0.05) is 30.7 Å². The first-order chi connectivity index (χ1) is 13.7. The molecule has 2 N–H and O–H groups in total. The van der Waals surface area contributed by atoms with E-state index in [1.165, 1.54) is 24.8 Å². The Labute approximate surface area is 166 Å². The first-order valence-electron chi connectivity index (χ1n) is 10.7. The van der Waals surface area contributed by atoms with Gasteiger partial charge in [-0.15, -0.1) is 5.10 Å². The van der Waals surface area contributed by atoms with E-state index < -0.39 is 5.97 Å². The number of H-pyrrole nitrogens is 1. The number of aromatic nitrogens is 2. The van der Waals surface area contributed by atoms with Crippen molar-refractivity contribution >= 4 is 5.97 Å². The van der Waals surface area contributed by atoms with Crippen LogP contribution in [0.15, 0.2) is 30.3 Å². The maximum atomic E-state index is 10.9. The average molecular weight is 383 g/mol. The van der Waals surface area contributed by atoms with Crippen LogP contribution >= 0.6 is 0 Å². The van der Waals surface area contributed by atoms with E-state index in [2.05, 4.69) is 34.5 Å². The summed E-state index contributed by atoms with van der Waals surface area (Å²) in [7, 11) is 0. The molecule has 28 heavy (non-hydrogen) atoms. The number of nitrogens with zero attached hydrogens (tertiary/aromatic N) is 1. The van der Waals surface area contributed by atoms with E-state index in [-0.39, 0.29) is 0 Å². The third-order valence-corrected chi connectivity index (χ3v) is 6.40. The third kappa shape index (κ3) is 4.75. The van der Waals surface area contributed by atoms with Gasteiger partial charge in [0.05, 0.1) is 5.69 Å². The Bertz CT molecular complexity index is 769. The van der Waals surface area contributed by atoms with Gasteiger partial charge >= 0.3 is 5.97 Å². The van der Waals surface area contributed by atoms with E-state index in [1.54, 1.807) is 0 Å². The van der Waals surface area contributed by atoms with Crippen LogP contribution in [0.2, 0.25) is 0 Å². The number of hydrogen-bond acceptors (Lipinski definition) is 3. The van der Waals surface area contributed by atoms with E-state index in [0.29, 0.717) is 30.2 Å². The summed E-state index contributed by atoms with van der Waals surface area (Å²) in [5, 5.41) is 16.4. The molecule has 2 aliphatic rings. The summed E-state index contributed by atoms with van der Waals surface area (Å²) in [4.78, 5) is 10.9. The summed E-state index contributed by atoms with van der Waals surface area (Å²) in [5.74, 6) is 0.925. The summed E-state index contributed by atoms with van der Waals surface area (Å²) in [6.07, 6.45) is 10.9. The lowest BCUT2D eigenvalue weighted by Crippen LogP contribution is -2.19. The zero-order chi connectivity index (χ0) is 19.3. The summed E-state index contributed by atoms with van der Waals surface area (Å²) < 4.78 is 6.03. The molecule has 0 aliphatic heterocycles. The van der Waals surface area contributed by atoms with E-state index >= 15 is 0 Å². The topological polar surface area (TPSA) is 75.2 Å². The van der Waals surface area contributed by atoms with E-state index in [1.807, 2.05) is 6.07 Å². The van der Waals surface area contributed by atoms with E-state index in [4.69, 9.17) is 9.84 Å². The fraction of sp³-hybridized carbons (Fsp3) is 0.565. The number of carboxylic acid groups (broad SMARTS) is 1. The summed E-state index contributed by atoms with van der Waals surface area (Å²) in [6, 6.07) is 10.7. The van der Waals surface area contributed by atoms with Crippen molar-refractivity contribution in [2.24, 2.45) is 5.92 Å². The van der Waals surface area contributed by atoms with Crippen LogP contribution in [0.3, 0.4) is 0 Å². The van der Waals surface area contributed by atoms with Crippen LogP contribution in [0.5, 0.6) is 5.88 Å². The van der Waals surface area contributed by atoms with Gasteiger partial charge in [-0.3, -0.25) is 9.89 Å². The SMILES string of the molecule is O=C(O)CC1CCC(c2ccc(-c3cc(OC4CCCCC4)n[nH]3)cc2)CC1. The second kappa shape index (κ2) is 8.80. The lowest BCUT2D eigenvalue weighted by Gasteiger charge is -2.28. The van der Waals surface area contributed by atoms with E-state index in [9.17, 15) is 4.79 Å². The van der Waals surface area contributed by atoms with Gasteiger partial charge in [0.1, 0.15) is 6.10 Å². The molecule has 150 valence electrons. The van der Waals surface area contributed by atoms with Crippen LogP contribution in [-0.2, 0) is 4.79 Å². The van der Waals surface area contributed by atoms with Gasteiger partial charge < -0.3 is 9.84 Å². The van der Waals surface area contributed by atoms with Crippen LogP contribution in [0.4, 0.5) is 0 Å². The van der Waals surface area contributed by atoms with Crippen molar-refractivity contribution < 1.29 is 14.6 Å². The molecule has 1 aromatic carbocycles. The van der Waals surface area contributed by atoms with Crippen LogP contribution in [0.25, 0.3) is 11.3 Å². The minimum absolute atomic E-state index is 0.309. The molecule has 0 unspecified atom stereocenters. The molecule has 0 radical (unpaired) electrons. The molecule has 0 amide bonds. The number of hydrogen-bond donors (Lipinski definition) is 2. The minimum Gasteiger partial charge on any atom is -0.481 e. The molecule has 2 aliphatic carbocycles. The summed E-state index contributed by atoms with van der Waals surface area (Å²) in [6.45, 7) is 0. The highest BCUT2D eigenvalue weighted by molar-refractivity contribution is 5.67. The Hall–Kier alpha value is -2.30. The second-order valence-electron chi connectivity index (χ2n) is 8.44. The smallest absolute Gasteiger partial charge is 0.303 e. The lowest BCUT2D eigenvalue weighted by molar-refractivity contribution is -0.138. The lowest BCUT2D eigenvalue weighted by atomic mass is 9.77. The van der Waals surface area contributed by atoms with Gasteiger partial charge in [0.2, 0.25) is 5.88 Å². The average Bonchev–Trinajstić information content (AvgIpc) is 3.17. The normalized spacial score (nSPS) is 23.4. The van der Waals surface area contributed by atoms with Crippen molar-refractivity contribution in [1.29, 1.82) is 0 Å². The van der Waals surface area contributed by atoms with Crippen molar-refractivity contribution in [2.45, 2.75) is 76.2 Å². The number of rotatable bonds is 6. The van der Waals surface area contributed by atoms with Crippen LogP contribution in [0, 0.1) is 5.92 Å². The molecular weight excluding hydrogens is 352 g/mol. The van der Waals surface area contributed by atoms with Crippen molar-refractivity contribution in [1.82, 2.24) is 10.2 Å². The number of carbonyl (C=O) groups is 1. The van der Waals surface area contributed by atoms with Crippen molar-refractivity contribution in [3.8, 4) is 17.1 Å². The Morgan fingerprint density at radius 2 is 1.75 bits per heavy atom. The number of nitrogens with one attached hydrogen (secondary N) is 1. The standard InChI is InChI=1S/C23H30N2O3/c26-23(27)14-16-6-8-17(9-7-16)18-10-12-19(13-11-18)21-15-22(25-24-21)28-20-4-2-1-3-5-20/h10-13,15-17,20H,1-9,14H2,(H,24,25)(H,26,27). The minimum atomic E-state index is -0.667. The maximum absolute atomic E-state index is 10.9. The largest absolute Gasteiger partial charge is 0.481 e. The Balaban J connectivity index is 1.34. The van der Waals surface area contributed by atoms with Crippen molar-refractivity contribution in [3.05, 3.63) is 35.9 Å². The fourth-order valence-electron chi connectivity index (χ4n) is 4.75. The highest BCUT2D eigenvalue weighted by Gasteiger charge is 2.24. The Morgan fingerprint density at radius 3 is 2.43 bits per heavy atom. The van der Waals surface area contributed by atoms with E-state index in [0.717, 1.165) is 49.8 Å². The zero-order valence-corrected chi connectivity index (χ0v) is 16.4. The van der Waals surface area contributed by atoms with Crippen LogP contribution in [-0.4, -0.2) is 27.4 Å². The van der Waals surface area contributed by atoms with Gasteiger partial charge in [0.25, 0.3) is 0 Å². The molecular formula is C23H30N2O3. The second-order valence-corrected chi connectivity index (χ2v) is 8.44. The predicted octanol–water partition coefficient (Wildman–Crippen LogP) is 5.54. The number of aromatic amines is 1. The number of benzene rings is 1. The number of ether oxygens (including phenoxy) is 1. The first kappa shape index (κ1) is 19.0. The highest BCUT2D eigenvalue weighted by atomic mass is 16.5. The quantitative estimate of drug-likeness (QED) is 0.688. The molecule has 0 spiro atoms. The van der Waals surface area contributed by atoms with Crippen LogP contribution in [0.1, 0.15) is 75.7 Å². The molecule has 2 fully saturated rings. The maximum Gasteiger partial charge on any atom is 0.303 e. The van der Waals surface area contributed by atoms with Gasteiger partial charge in [-0.05, 0) is 74.3 Å². The molecule has 4 rings (SSSR count). The summed E-state index contributed by atoms with van der Waals surface area (Å²) >= 11 is 0. The molecule has 0 atom stereocenters. The molecule has 2 saturated carbocycles. The van der Waals surface area contributed by atoms with Gasteiger partial charge in [-0.25, -0.2) is 0 Å². The molecule has 5 nitrogen and oxygen atoms in total. The van der Waals surface area contributed by atoms with Gasteiger partial charge in [0.15, 0.2) is 0 Å². The molecule has 1 heterocycles. The number of carboxylic acids is 1. The first-order valence-corrected chi connectivity index (χ1v) is 10.7. The third-order valence-electron chi connectivity index (χ3n) is 6.40. The summed E-state index contributed by atoms with van der Waals surface area (Å²) in [5.41, 5.74) is 3.47. The highest BCUT2D eigenvalue weighted by Crippen LogP contribution is 2.37. The monoisotopic (exact) mass is 382 g/mol.